The first-order chi connectivity index (χ1) is 10.3. The van der Waals surface area contributed by atoms with Crippen LogP contribution in [0, 0.1) is 0 Å². The Bertz CT molecular complexity index is 685. The van der Waals surface area contributed by atoms with E-state index < -0.39 is 18.3 Å². The molecule has 1 fully saturated rings. The molecule has 2 aromatic rings. The maximum atomic E-state index is 12.6. The lowest BCUT2D eigenvalue weighted by molar-refractivity contribution is -0.126. The Hall–Kier alpha value is -1.12. The first-order valence-corrected chi connectivity index (χ1v) is 7.86. The smallest absolute Gasteiger partial charge is 0.371 e. The van der Waals surface area contributed by atoms with E-state index in [0.717, 1.165) is 24.2 Å². The van der Waals surface area contributed by atoms with E-state index in [4.69, 9.17) is 0 Å². The summed E-state index contributed by atoms with van der Waals surface area (Å²) in [4.78, 5) is 10.6. The number of halogens is 4. The summed E-state index contributed by atoms with van der Waals surface area (Å²) < 4.78 is 37.7. The van der Waals surface area contributed by atoms with Gasteiger partial charge in [-0.15, -0.1) is 23.7 Å². The fraction of sp³-hybridized carbons (Fsp3) is 0.571. The van der Waals surface area contributed by atoms with Crippen LogP contribution in [-0.4, -0.2) is 34.0 Å². The van der Waals surface area contributed by atoms with Crippen molar-refractivity contribution in [3.63, 3.8) is 0 Å². The monoisotopic (exact) mass is 367 g/mol. The van der Waals surface area contributed by atoms with E-state index in [9.17, 15) is 18.3 Å². The molecule has 0 spiro atoms. The third-order valence-corrected chi connectivity index (χ3v) is 5.12. The lowest BCUT2D eigenvalue weighted by Gasteiger charge is -2.34. The van der Waals surface area contributed by atoms with Crippen LogP contribution in [0.25, 0.3) is 10.2 Å². The van der Waals surface area contributed by atoms with Crippen LogP contribution < -0.4 is 4.90 Å². The van der Waals surface area contributed by atoms with Crippen molar-refractivity contribution in [1.82, 2.24) is 9.97 Å². The molecule has 23 heavy (non-hydrogen) atoms. The highest BCUT2D eigenvalue weighted by atomic mass is 35.5. The maximum Gasteiger partial charge on any atom is 0.393 e. The van der Waals surface area contributed by atoms with Crippen molar-refractivity contribution in [2.24, 2.45) is 0 Å². The van der Waals surface area contributed by atoms with Gasteiger partial charge in [0.15, 0.2) is 0 Å². The molecule has 0 amide bonds. The van der Waals surface area contributed by atoms with Crippen molar-refractivity contribution in [1.29, 1.82) is 0 Å². The molecule has 0 atom stereocenters. The molecule has 1 aliphatic carbocycles. The molecular weight excluding hydrogens is 351 g/mol. The Labute approximate surface area is 141 Å². The first-order valence-electron chi connectivity index (χ1n) is 7.05. The second kappa shape index (κ2) is 6.41. The third-order valence-electron chi connectivity index (χ3n) is 4.08. The quantitative estimate of drug-likeness (QED) is 0.835. The zero-order valence-corrected chi connectivity index (χ0v) is 14.1. The molecule has 0 saturated heterocycles. The maximum absolute atomic E-state index is 12.6. The number of rotatable bonds is 3. The summed E-state index contributed by atoms with van der Waals surface area (Å²) in [6.07, 6.45) is -0.759. The van der Waals surface area contributed by atoms with E-state index in [1.165, 1.54) is 12.4 Å². The fourth-order valence-corrected chi connectivity index (χ4v) is 3.94. The van der Waals surface area contributed by atoms with Gasteiger partial charge in [0.25, 0.3) is 0 Å². The van der Waals surface area contributed by atoms with Gasteiger partial charge in [-0.1, -0.05) is 0 Å². The molecule has 1 N–H and O–H groups in total. The van der Waals surface area contributed by atoms with Crippen LogP contribution in [0.2, 0.25) is 0 Å². The third kappa shape index (κ3) is 3.70. The van der Waals surface area contributed by atoms with Gasteiger partial charge in [-0.05, 0) is 31.7 Å². The van der Waals surface area contributed by atoms with Crippen LogP contribution >= 0.6 is 23.7 Å². The predicted molar refractivity (Wildman–Crippen MR) is 86.2 cm³/mol. The summed E-state index contributed by atoms with van der Waals surface area (Å²) in [7, 11) is 1.73. The molecule has 1 aliphatic rings. The standard InChI is InChI=1S/C14H16F3N3OS.ClH/c1-20(13(21)4-2-3-5-13)11-10-6-9(7-14(15,16)17)22-12(10)19-8-18-11;/h6,8,21H,2-5,7H2,1H3;1H. The van der Waals surface area contributed by atoms with Gasteiger partial charge in [-0.2, -0.15) is 13.2 Å². The van der Waals surface area contributed by atoms with Crippen molar-refractivity contribution in [2.45, 2.75) is 44.0 Å². The van der Waals surface area contributed by atoms with Gasteiger partial charge in [0, 0.05) is 11.9 Å². The predicted octanol–water partition coefficient (Wildman–Crippen LogP) is 3.92. The number of aromatic nitrogens is 2. The number of hydrogen-bond donors (Lipinski definition) is 1. The van der Waals surface area contributed by atoms with Gasteiger partial charge in [-0.3, -0.25) is 0 Å². The highest BCUT2D eigenvalue weighted by Gasteiger charge is 2.37. The highest BCUT2D eigenvalue weighted by Crippen LogP contribution is 2.39. The Morgan fingerprint density at radius 1 is 1.30 bits per heavy atom. The normalized spacial score (nSPS) is 17.3. The number of thiophene rings is 1. The van der Waals surface area contributed by atoms with Crippen molar-refractivity contribution in [2.75, 3.05) is 11.9 Å². The number of aliphatic hydroxyl groups is 1. The Morgan fingerprint density at radius 3 is 2.57 bits per heavy atom. The zero-order valence-electron chi connectivity index (χ0n) is 12.4. The number of anilines is 1. The minimum Gasteiger partial charge on any atom is -0.371 e. The van der Waals surface area contributed by atoms with E-state index in [1.54, 1.807) is 11.9 Å². The Kier molecular flexibility index (Phi) is 5.08. The molecule has 0 aliphatic heterocycles. The lowest BCUT2D eigenvalue weighted by Crippen LogP contribution is -2.44. The average Bonchev–Trinajstić information content (AvgIpc) is 3.02. The van der Waals surface area contributed by atoms with Gasteiger partial charge in [0.2, 0.25) is 0 Å². The SMILES string of the molecule is CN(c1ncnc2sc(CC(F)(F)F)cc12)C1(O)CCCC1.Cl. The summed E-state index contributed by atoms with van der Waals surface area (Å²) in [6, 6.07) is 1.48. The van der Waals surface area contributed by atoms with Crippen molar-refractivity contribution in [3.8, 4) is 0 Å². The molecule has 2 aromatic heterocycles. The fourth-order valence-electron chi connectivity index (χ4n) is 2.92. The minimum absolute atomic E-state index is 0. The van der Waals surface area contributed by atoms with E-state index in [2.05, 4.69) is 9.97 Å². The first kappa shape index (κ1) is 18.2. The molecule has 0 radical (unpaired) electrons. The van der Waals surface area contributed by atoms with Gasteiger partial charge >= 0.3 is 6.18 Å². The molecule has 0 aromatic carbocycles. The second-order valence-corrected chi connectivity index (χ2v) is 6.78. The Morgan fingerprint density at radius 2 is 1.96 bits per heavy atom. The highest BCUT2D eigenvalue weighted by molar-refractivity contribution is 7.18. The van der Waals surface area contributed by atoms with E-state index >= 15 is 0 Å². The van der Waals surface area contributed by atoms with E-state index in [1.807, 2.05) is 0 Å². The molecule has 4 nitrogen and oxygen atoms in total. The van der Waals surface area contributed by atoms with Crippen molar-refractivity contribution < 1.29 is 18.3 Å². The van der Waals surface area contributed by atoms with Crippen molar-refractivity contribution >= 4 is 39.8 Å². The number of alkyl halides is 3. The van der Waals surface area contributed by atoms with E-state index in [-0.39, 0.29) is 17.3 Å². The van der Waals surface area contributed by atoms with Crippen LogP contribution in [0.1, 0.15) is 30.6 Å². The second-order valence-electron chi connectivity index (χ2n) is 5.67. The molecule has 0 bridgehead atoms. The molecule has 3 rings (SSSR count). The number of nitrogens with zero attached hydrogens (tertiary/aromatic N) is 3. The average molecular weight is 368 g/mol. The summed E-state index contributed by atoms with van der Waals surface area (Å²) in [5.74, 6) is 0.485. The topological polar surface area (TPSA) is 49.2 Å². The van der Waals surface area contributed by atoms with Gasteiger partial charge < -0.3 is 10.0 Å². The molecule has 1 saturated carbocycles. The van der Waals surface area contributed by atoms with Crippen molar-refractivity contribution in [3.05, 3.63) is 17.3 Å². The summed E-state index contributed by atoms with van der Waals surface area (Å²) >= 11 is 1.02. The molecule has 0 unspecified atom stereocenters. The number of hydrogen-bond acceptors (Lipinski definition) is 5. The van der Waals surface area contributed by atoms with Crippen LogP contribution in [-0.2, 0) is 6.42 Å². The van der Waals surface area contributed by atoms with Crippen LogP contribution in [0.3, 0.4) is 0 Å². The summed E-state index contributed by atoms with van der Waals surface area (Å²) in [5, 5.41) is 11.2. The van der Waals surface area contributed by atoms with Crippen LogP contribution in [0.5, 0.6) is 0 Å². The Balaban J connectivity index is 0.00000192. The zero-order chi connectivity index (χ0) is 16.0. The molecule has 2 heterocycles. The number of fused-ring (bicyclic) bond motifs is 1. The van der Waals surface area contributed by atoms with E-state index in [0.29, 0.717) is 28.9 Å². The van der Waals surface area contributed by atoms with Gasteiger partial charge in [0.05, 0.1) is 11.8 Å². The molecule has 128 valence electrons. The van der Waals surface area contributed by atoms with Gasteiger partial charge in [-0.25, -0.2) is 9.97 Å². The molecule has 9 heteroatoms. The summed E-state index contributed by atoms with van der Waals surface area (Å²) in [6.45, 7) is 0. The van der Waals surface area contributed by atoms with Crippen LogP contribution in [0.15, 0.2) is 12.4 Å². The van der Waals surface area contributed by atoms with Gasteiger partial charge in [0.1, 0.15) is 22.7 Å². The lowest BCUT2D eigenvalue weighted by atomic mass is 10.1. The summed E-state index contributed by atoms with van der Waals surface area (Å²) in [5.41, 5.74) is -0.979. The molecular formula is C14H17ClF3N3OS. The van der Waals surface area contributed by atoms with Crippen LogP contribution in [0.4, 0.5) is 19.0 Å². The minimum atomic E-state index is -4.25. The largest absolute Gasteiger partial charge is 0.393 e.